The molecule has 2 aromatic carbocycles. The van der Waals surface area contributed by atoms with Gasteiger partial charge in [-0.3, -0.25) is 4.79 Å². The van der Waals surface area contributed by atoms with Crippen LogP contribution in [0.15, 0.2) is 53.0 Å². The molecule has 4 heteroatoms. The van der Waals surface area contributed by atoms with Crippen LogP contribution in [0.25, 0.3) is 0 Å². The van der Waals surface area contributed by atoms with Crippen molar-refractivity contribution < 1.29 is 4.79 Å². The van der Waals surface area contributed by atoms with Crippen molar-refractivity contribution in [2.24, 2.45) is 0 Å². The molecule has 0 saturated heterocycles. The highest BCUT2D eigenvalue weighted by atomic mass is 79.9. The highest BCUT2D eigenvalue weighted by Gasteiger charge is 2.07. The number of nitrogens with one attached hydrogen (secondary N) is 1. The maximum atomic E-state index is 11.9. The minimum absolute atomic E-state index is 0.171. The lowest BCUT2D eigenvalue weighted by Crippen LogP contribution is -2.12. The van der Waals surface area contributed by atoms with Gasteiger partial charge in [-0.1, -0.05) is 18.2 Å². The number of carbonyl (C=O) groups is 1. The molecule has 0 saturated carbocycles. The third kappa shape index (κ3) is 2.85. The Morgan fingerprint density at radius 1 is 1.12 bits per heavy atom. The first-order valence-corrected chi connectivity index (χ1v) is 5.87. The fourth-order valence-corrected chi connectivity index (χ4v) is 1.66. The minimum atomic E-state index is -0.171. The van der Waals surface area contributed by atoms with Crippen molar-refractivity contribution in [3.8, 4) is 0 Å². The van der Waals surface area contributed by atoms with Gasteiger partial charge in [0.2, 0.25) is 0 Å². The van der Waals surface area contributed by atoms with Crippen LogP contribution in [-0.4, -0.2) is 5.91 Å². The Balaban J connectivity index is 2.18. The van der Waals surface area contributed by atoms with E-state index in [-0.39, 0.29) is 5.91 Å². The molecule has 0 atom stereocenters. The number of amides is 1. The Morgan fingerprint density at radius 3 is 2.47 bits per heavy atom. The number of nitrogens with two attached hydrogens (primary N) is 1. The maximum Gasteiger partial charge on any atom is 0.255 e. The Morgan fingerprint density at radius 2 is 1.82 bits per heavy atom. The highest BCUT2D eigenvalue weighted by molar-refractivity contribution is 9.10. The topological polar surface area (TPSA) is 55.1 Å². The van der Waals surface area contributed by atoms with Gasteiger partial charge in [-0.15, -0.1) is 0 Å². The largest absolute Gasteiger partial charge is 0.398 e. The number of hydrogen-bond acceptors (Lipinski definition) is 2. The molecule has 17 heavy (non-hydrogen) atoms. The summed E-state index contributed by atoms with van der Waals surface area (Å²) in [6.07, 6.45) is 0. The summed E-state index contributed by atoms with van der Waals surface area (Å²) in [5, 5.41) is 2.80. The van der Waals surface area contributed by atoms with Gasteiger partial charge in [-0.05, 0) is 46.3 Å². The van der Waals surface area contributed by atoms with Crippen molar-refractivity contribution in [2.75, 3.05) is 11.1 Å². The molecule has 0 aliphatic carbocycles. The standard InChI is InChI=1S/C13H11BrN2O/c14-11-7-6-9(8-12(11)15)13(17)16-10-4-2-1-3-5-10/h1-8H,15H2,(H,16,17). The molecule has 0 aliphatic heterocycles. The second-order valence-electron chi connectivity index (χ2n) is 3.56. The van der Waals surface area contributed by atoms with Crippen LogP contribution in [0.2, 0.25) is 0 Å². The predicted molar refractivity (Wildman–Crippen MR) is 72.9 cm³/mol. The second kappa shape index (κ2) is 5.01. The summed E-state index contributed by atoms with van der Waals surface area (Å²) in [4.78, 5) is 11.9. The van der Waals surface area contributed by atoms with Crippen molar-refractivity contribution in [2.45, 2.75) is 0 Å². The lowest BCUT2D eigenvalue weighted by Gasteiger charge is -2.06. The molecule has 0 fully saturated rings. The fraction of sp³-hybridized carbons (Fsp3) is 0. The van der Waals surface area contributed by atoms with Gasteiger partial charge in [0.1, 0.15) is 0 Å². The van der Waals surface area contributed by atoms with Crippen LogP contribution in [0.5, 0.6) is 0 Å². The van der Waals surface area contributed by atoms with Gasteiger partial charge < -0.3 is 11.1 Å². The summed E-state index contributed by atoms with van der Waals surface area (Å²) in [6.45, 7) is 0. The monoisotopic (exact) mass is 290 g/mol. The van der Waals surface area contributed by atoms with Gasteiger partial charge in [0.25, 0.3) is 5.91 Å². The first-order valence-electron chi connectivity index (χ1n) is 5.08. The van der Waals surface area contributed by atoms with Gasteiger partial charge in [0.05, 0.1) is 0 Å². The first-order chi connectivity index (χ1) is 8.16. The number of para-hydroxylation sites is 1. The van der Waals surface area contributed by atoms with Crippen LogP contribution in [0.4, 0.5) is 11.4 Å². The molecule has 86 valence electrons. The number of hydrogen-bond donors (Lipinski definition) is 2. The fourth-order valence-electron chi connectivity index (χ4n) is 1.41. The SMILES string of the molecule is Nc1cc(C(=O)Nc2ccccc2)ccc1Br. The number of carbonyl (C=O) groups excluding carboxylic acids is 1. The van der Waals surface area contributed by atoms with Gasteiger partial charge in [-0.2, -0.15) is 0 Å². The Bertz CT molecular complexity index is 540. The maximum absolute atomic E-state index is 11.9. The van der Waals surface area contributed by atoms with E-state index in [0.29, 0.717) is 11.3 Å². The van der Waals surface area contributed by atoms with Gasteiger partial charge in [0.15, 0.2) is 0 Å². The van der Waals surface area contributed by atoms with E-state index >= 15 is 0 Å². The smallest absolute Gasteiger partial charge is 0.255 e. The van der Waals surface area contributed by atoms with Crippen LogP contribution in [-0.2, 0) is 0 Å². The molecule has 0 unspecified atom stereocenters. The molecular formula is C13H11BrN2O. The van der Waals surface area contributed by atoms with E-state index in [1.807, 2.05) is 30.3 Å². The molecule has 3 nitrogen and oxygen atoms in total. The molecule has 0 spiro atoms. The van der Waals surface area contributed by atoms with E-state index in [9.17, 15) is 4.79 Å². The lowest BCUT2D eigenvalue weighted by molar-refractivity contribution is 0.102. The number of halogens is 1. The molecule has 0 bridgehead atoms. The lowest BCUT2D eigenvalue weighted by atomic mass is 10.2. The molecule has 0 aromatic heterocycles. The summed E-state index contributed by atoms with van der Waals surface area (Å²) in [5.74, 6) is -0.171. The molecule has 3 N–H and O–H groups in total. The van der Waals surface area contributed by atoms with Crippen LogP contribution in [0.1, 0.15) is 10.4 Å². The number of nitrogen functional groups attached to an aromatic ring is 1. The summed E-state index contributed by atoms with van der Waals surface area (Å²) in [5.41, 5.74) is 7.57. The molecule has 0 radical (unpaired) electrons. The zero-order valence-corrected chi connectivity index (χ0v) is 10.6. The number of rotatable bonds is 2. The normalized spacial score (nSPS) is 9.94. The van der Waals surface area contributed by atoms with Crippen LogP contribution in [0, 0.1) is 0 Å². The van der Waals surface area contributed by atoms with Crippen molar-refractivity contribution in [3.05, 3.63) is 58.6 Å². The Kier molecular flexibility index (Phi) is 3.44. The molecular weight excluding hydrogens is 280 g/mol. The molecule has 0 heterocycles. The average molecular weight is 291 g/mol. The summed E-state index contributed by atoms with van der Waals surface area (Å²) < 4.78 is 0.786. The summed E-state index contributed by atoms with van der Waals surface area (Å²) in [6, 6.07) is 14.4. The summed E-state index contributed by atoms with van der Waals surface area (Å²) >= 11 is 3.29. The molecule has 0 aliphatic rings. The predicted octanol–water partition coefficient (Wildman–Crippen LogP) is 3.28. The van der Waals surface area contributed by atoms with Crippen LogP contribution >= 0.6 is 15.9 Å². The van der Waals surface area contributed by atoms with Crippen molar-refractivity contribution >= 4 is 33.2 Å². The van der Waals surface area contributed by atoms with E-state index in [1.54, 1.807) is 18.2 Å². The van der Waals surface area contributed by atoms with E-state index in [1.165, 1.54) is 0 Å². The van der Waals surface area contributed by atoms with Crippen molar-refractivity contribution in [3.63, 3.8) is 0 Å². The van der Waals surface area contributed by atoms with Gasteiger partial charge >= 0.3 is 0 Å². The first kappa shape index (κ1) is 11.7. The van der Waals surface area contributed by atoms with Crippen molar-refractivity contribution in [1.29, 1.82) is 0 Å². The van der Waals surface area contributed by atoms with E-state index in [4.69, 9.17) is 5.73 Å². The number of anilines is 2. The molecule has 1 amide bonds. The zero-order valence-electron chi connectivity index (χ0n) is 8.98. The molecule has 2 aromatic rings. The van der Waals surface area contributed by atoms with Crippen molar-refractivity contribution in [1.82, 2.24) is 0 Å². The minimum Gasteiger partial charge on any atom is -0.398 e. The van der Waals surface area contributed by atoms with Gasteiger partial charge in [0, 0.05) is 21.4 Å². The Labute approximate surface area is 108 Å². The molecule has 2 rings (SSSR count). The zero-order chi connectivity index (χ0) is 12.3. The number of benzene rings is 2. The van der Waals surface area contributed by atoms with E-state index in [2.05, 4.69) is 21.2 Å². The van der Waals surface area contributed by atoms with Gasteiger partial charge in [-0.25, -0.2) is 0 Å². The quantitative estimate of drug-likeness (QED) is 0.834. The van der Waals surface area contributed by atoms with E-state index < -0.39 is 0 Å². The Hall–Kier alpha value is -1.81. The second-order valence-corrected chi connectivity index (χ2v) is 4.41. The van der Waals surface area contributed by atoms with E-state index in [0.717, 1.165) is 10.2 Å². The van der Waals surface area contributed by atoms with Crippen LogP contribution < -0.4 is 11.1 Å². The van der Waals surface area contributed by atoms with Crippen LogP contribution in [0.3, 0.4) is 0 Å². The third-order valence-corrected chi connectivity index (χ3v) is 3.01. The summed E-state index contributed by atoms with van der Waals surface area (Å²) in [7, 11) is 0. The average Bonchev–Trinajstić information content (AvgIpc) is 2.34. The highest BCUT2D eigenvalue weighted by Crippen LogP contribution is 2.20. The third-order valence-electron chi connectivity index (χ3n) is 2.29.